The summed E-state index contributed by atoms with van der Waals surface area (Å²) >= 11 is 0. The third kappa shape index (κ3) is 3.37. The molecule has 3 rings (SSSR count). The van der Waals surface area contributed by atoms with Crippen LogP contribution in [0.4, 0.5) is 8.78 Å². The zero-order chi connectivity index (χ0) is 17.1. The average Bonchev–Trinajstić information content (AvgIpc) is 3.20. The fourth-order valence-electron chi connectivity index (χ4n) is 2.03. The number of aliphatic hydroxyl groups excluding tert-OH is 1. The fourth-order valence-corrected chi connectivity index (χ4v) is 2.03. The molecule has 0 aliphatic heterocycles. The smallest absolute Gasteiger partial charge is 0.224 e. The molecule has 0 aliphatic carbocycles. The summed E-state index contributed by atoms with van der Waals surface area (Å²) in [5, 5.41) is 15.6. The molecule has 0 atom stereocenters. The van der Waals surface area contributed by atoms with E-state index in [2.05, 4.69) is 15.2 Å². The van der Waals surface area contributed by atoms with Crippen LogP contribution in [0.1, 0.15) is 27.7 Å². The largest absolute Gasteiger partial charge is 0.504 e. The van der Waals surface area contributed by atoms with Crippen molar-refractivity contribution in [2.75, 3.05) is 0 Å². The minimum absolute atomic E-state index is 0.00177. The first kappa shape index (κ1) is 15.6. The normalized spacial score (nSPS) is 11.7. The SMILES string of the molecule is O=C(C=C(O)c1ncn[nH]1)c1cc(F)c(Cc2ccc(F)cc2)o1. The van der Waals surface area contributed by atoms with Crippen LogP contribution >= 0.6 is 0 Å². The van der Waals surface area contributed by atoms with Crippen LogP contribution in [-0.4, -0.2) is 26.1 Å². The first-order valence-corrected chi connectivity index (χ1v) is 6.86. The van der Waals surface area contributed by atoms with Crippen LogP contribution in [0.15, 0.2) is 47.2 Å². The summed E-state index contributed by atoms with van der Waals surface area (Å²) in [6.45, 7) is 0. The van der Waals surface area contributed by atoms with Crippen molar-refractivity contribution in [3.05, 3.63) is 77.3 Å². The number of hydrogen-bond donors (Lipinski definition) is 2. The van der Waals surface area contributed by atoms with Crippen LogP contribution in [0.2, 0.25) is 0 Å². The number of allylic oxidation sites excluding steroid dienone is 1. The number of nitrogens with zero attached hydrogens (tertiary/aromatic N) is 2. The number of H-pyrrole nitrogens is 1. The monoisotopic (exact) mass is 331 g/mol. The van der Waals surface area contributed by atoms with Gasteiger partial charge in [0.25, 0.3) is 0 Å². The van der Waals surface area contributed by atoms with Gasteiger partial charge in [0.15, 0.2) is 23.2 Å². The topological polar surface area (TPSA) is 92.0 Å². The van der Waals surface area contributed by atoms with Gasteiger partial charge in [-0.1, -0.05) is 12.1 Å². The molecule has 3 aromatic rings. The Morgan fingerprint density at radius 2 is 2.04 bits per heavy atom. The van der Waals surface area contributed by atoms with Gasteiger partial charge in [0.2, 0.25) is 5.78 Å². The molecule has 2 aromatic heterocycles. The number of hydrogen-bond acceptors (Lipinski definition) is 5. The molecule has 0 spiro atoms. The Bertz CT molecular complexity index is 884. The number of furan rings is 1. The highest BCUT2D eigenvalue weighted by atomic mass is 19.1. The van der Waals surface area contributed by atoms with Crippen LogP contribution in [0.25, 0.3) is 5.76 Å². The van der Waals surface area contributed by atoms with Crippen molar-refractivity contribution in [2.24, 2.45) is 0 Å². The average molecular weight is 331 g/mol. The molecule has 0 saturated carbocycles. The molecule has 6 nitrogen and oxygen atoms in total. The van der Waals surface area contributed by atoms with Gasteiger partial charge in [-0.05, 0) is 17.7 Å². The Morgan fingerprint density at radius 3 is 2.71 bits per heavy atom. The number of halogens is 2. The number of aromatic amines is 1. The number of ketones is 1. The number of benzene rings is 1. The molecule has 0 saturated heterocycles. The van der Waals surface area contributed by atoms with Gasteiger partial charge < -0.3 is 9.52 Å². The molecule has 0 amide bonds. The summed E-state index contributed by atoms with van der Waals surface area (Å²) in [4.78, 5) is 15.7. The summed E-state index contributed by atoms with van der Waals surface area (Å²) in [5.41, 5.74) is 0.628. The Balaban J connectivity index is 1.79. The molecule has 0 aliphatic rings. The van der Waals surface area contributed by atoms with Gasteiger partial charge in [-0.3, -0.25) is 9.89 Å². The van der Waals surface area contributed by atoms with E-state index in [1.807, 2.05) is 0 Å². The van der Waals surface area contributed by atoms with E-state index in [0.29, 0.717) is 5.56 Å². The highest BCUT2D eigenvalue weighted by Gasteiger charge is 2.17. The summed E-state index contributed by atoms with van der Waals surface area (Å²) in [5.74, 6) is -2.60. The number of aromatic nitrogens is 3. The Kier molecular flexibility index (Phi) is 4.19. The molecule has 0 fully saturated rings. The van der Waals surface area contributed by atoms with Gasteiger partial charge >= 0.3 is 0 Å². The summed E-state index contributed by atoms with van der Waals surface area (Å²) < 4.78 is 32.0. The van der Waals surface area contributed by atoms with E-state index in [-0.39, 0.29) is 23.8 Å². The van der Waals surface area contributed by atoms with Crippen molar-refractivity contribution in [2.45, 2.75) is 6.42 Å². The quantitative estimate of drug-likeness (QED) is 0.426. The molecule has 0 unspecified atom stereocenters. The van der Waals surface area contributed by atoms with E-state index in [1.165, 1.54) is 24.3 Å². The van der Waals surface area contributed by atoms with Crippen LogP contribution < -0.4 is 0 Å². The van der Waals surface area contributed by atoms with E-state index in [0.717, 1.165) is 18.5 Å². The van der Waals surface area contributed by atoms with E-state index < -0.39 is 23.2 Å². The maximum absolute atomic E-state index is 13.9. The van der Waals surface area contributed by atoms with Gasteiger partial charge in [0.1, 0.15) is 17.9 Å². The number of aliphatic hydroxyl groups is 1. The van der Waals surface area contributed by atoms with Crippen molar-refractivity contribution in [1.82, 2.24) is 15.2 Å². The zero-order valence-electron chi connectivity index (χ0n) is 12.2. The lowest BCUT2D eigenvalue weighted by molar-refractivity contribution is 0.101. The zero-order valence-corrected chi connectivity index (χ0v) is 12.2. The third-order valence-electron chi connectivity index (χ3n) is 3.20. The van der Waals surface area contributed by atoms with E-state index in [1.54, 1.807) is 0 Å². The molecule has 1 aromatic carbocycles. The lowest BCUT2D eigenvalue weighted by Crippen LogP contribution is -1.96. The molecular formula is C16H11F2N3O3. The molecule has 0 bridgehead atoms. The predicted molar refractivity (Wildman–Crippen MR) is 79.2 cm³/mol. The first-order valence-electron chi connectivity index (χ1n) is 6.86. The number of rotatable bonds is 5. The standard InChI is InChI=1S/C16H11F2N3O3/c17-10-3-1-9(2-4-10)5-14-11(18)6-15(24-14)12(22)7-13(23)16-19-8-20-21-16/h1-4,6-8,23H,5H2,(H,19,20,21). The van der Waals surface area contributed by atoms with Crippen LogP contribution in [0.5, 0.6) is 0 Å². The minimum atomic E-state index is -0.729. The number of carbonyl (C=O) groups excluding carboxylic acids is 1. The summed E-state index contributed by atoms with van der Waals surface area (Å²) in [6.07, 6.45) is 2.08. The van der Waals surface area contributed by atoms with Crippen LogP contribution in [0, 0.1) is 11.6 Å². The highest BCUT2D eigenvalue weighted by Crippen LogP contribution is 2.19. The Labute approximate surface area is 134 Å². The van der Waals surface area contributed by atoms with E-state index in [4.69, 9.17) is 4.42 Å². The molecule has 24 heavy (non-hydrogen) atoms. The first-order chi connectivity index (χ1) is 11.5. The van der Waals surface area contributed by atoms with Crippen molar-refractivity contribution >= 4 is 11.5 Å². The van der Waals surface area contributed by atoms with Gasteiger partial charge in [0.05, 0.1) is 0 Å². The number of carbonyl (C=O) groups is 1. The fraction of sp³-hybridized carbons (Fsp3) is 0.0625. The molecule has 122 valence electrons. The van der Waals surface area contributed by atoms with Crippen molar-refractivity contribution in [3.63, 3.8) is 0 Å². The highest BCUT2D eigenvalue weighted by molar-refractivity contribution is 6.05. The van der Waals surface area contributed by atoms with Crippen molar-refractivity contribution < 1.29 is 23.1 Å². The van der Waals surface area contributed by atoms with E-state index in [9.17, 15) is 18.7 Å². The molecule has 8 heteroatoms. The van der Waals surface area contributed by atoms with Gasteiger partial charge in [-0.25, -0.2) is 13.8 Å². The molecule has 2 heterocycles. The molecule has 2 N–H and O–H groups in total. The second-order valence-corrected chi connectivity index (χ2v) is 4.91. The maximum Gasteiger partial charge on any atom is 0.224 e. The minimum Gasteiger partial charge on any atom is -0.504 e. The Morgan fingerprint density at radius 1 is 1.29 bits per heavy atom. The molecule has 0 radical (unpaired) electrons. The van der Waals surface area contributed by atoms with Crippen LogP contribution in [0.3, 0.4) is 0 Å². The van der Waals surface area contributed by atoms with E-state index >= 15 is 0 Å². The van der Waals surface area contributed by atoms with Crippen molar-refractivity contribution in [3.8, 4) is 0 Å². The van der Waals surface area contributed by atoms with Gasteiger partial charge in [-0.15, -0.1) is 0 Å². The second-order valence-electron chi connectivity index (χ2n) is 4.91. The summed E-state index contributed by atoms with van der Waals surface area (Å²) in [7, 11) is 0. The lowest BCUT2D eigenvalue weighted by Gasteiger charge is -1.98. The second kappa shape index (κ2) is 6.45. The maximum atomic E-state index is 13.9. The third-order valence-corrected chi connectivity index (χ3v) is 3.20. The summed E-state index contributed by atoms with van der Waals surface area (Å²) in [6, 6.07) is 6.43. The van der Waals surface area contributed by atoms with Gasteiger partial charge in [0, 0.05) is 18.6 Å². The lowest BCUT2D eigenvalue weighted by atomic mass is 10.1. The molecular weight excluding hydrogens is 320 g/mol. The van der Waals surface area contributed by atoms with Crippen molar-refractivity contribution in [1.29, 1.82) is 0 Å². The van der Waals surface area contributed by atoms with Crippen LogP contribution in [-0.2, 0) is 6.42 Å². The predicted octanol–water partition coefficient (Wildman–Crippen LogP) is 3.05. The van der Waals surface area contributed by atoms with Gasteiger partial charge in [-0.2, -0.15) is 5.10 Å². The number of nitrogens with one attached hydrogen (secondary N) is 1. The Hall–Kier alpha value is -3.29.